The van der Waals surface area contributed by atoms with Crippen LogP contribution in [0, 0.1) is 0 Å². The largest absolute Gasteiger partial charge is 0.0733 e. The van der Waals surface area contributed by atoms with E-state index in [2.05, 4.69) is 41.9 Å². The minimum atomic E-state index is 1.20. The van der Waals surface area contributed by atoms with Gasteiger partial charge in [0.15, 0.2) is 0 Å². The Hall–Kier alpha value is -0.300. The molecule has 0 aliphatic carbocycles. The molecule has 0 heterocycles. The van der Waals surface area contributed by atoms with E-state index in [1.165, 1.54) is 18.4 Å². The first kappa shape index (κ1) is 10.7. The second-order valence-electron chi connectivity index (χ2n) is 2.47. The summed E-state index contributed by atoms with van der Waals surface area (Å²) in [6.45, 7) is 4.35. The van der Waals surface area contributed by atoms with Gasteiger partial charge in [-0.15, -0.1) is 0 Å². The van der Waals surface area contributed by atoms with Crippen molar-refractivity contribution < 1.29 is 0 Å². The molecule has 0 saturated heterocycles. The Labute approximate surface area is 77.8 Å². The lowest BCUT2D eigenvalue weighted by atomic mass is 10.1. The van der Waals surface area contributed by atoms with Crippen LogP contribution in [0.25, 0.3) is 0 Å². The van der Waals surface area contributed by atoms with E-state index < -0.39 is 0 Å². The summed E-state index contributed by atoms with van der Waals surface area (Å²) in [5.41, 5.74) is 1.44. The molecule has 0 aliphatic rings. The molecule has 0 bridgehead atoms. The zero-order valence-electron chi connectivity index (χ0n) is 7.18. The number of allylic oxidation sites excluding steroid dienone is 5. The van der Waals surface area contributed by atoms with Crippen molar-refractivity contribution in [1.82, 2.24) is 0 Å². The Bertz CT molecular complexity index is 164. The lowest BCUT2D eigenvalue weighted by Crippen LogP contribution is -1.71. The van der Waals surface area contributed by atoms with Gasteiger partial charge in [-0.3, -0.25) is 0 Å². The van der Waals surface area contributed by atoms with Gasteiger partial charge in [-0.2, -0.15) is 0 Å². The average molecular weight is 215 g/mol. The second kappa shape index (κ2) is 7.80. The second-order valence-corrected chi connectivity index (χ2v) is 3.00. The first-order chi connectivity index (χ1) is 5.31. The fourth-order valence-corrected chi connectivity index (χ4v) is 0.980. The van der Waals surface area contributed by atoms with Crippen LogP contribution in [0.1, 0.15) is 26.7 Å². The number of hydrogen-bond acceptors (Lipinski definition) is 0. The Morgan fingerprint density at radius 1 is 1.27 bits per heavy atom. The van der Waals surface area contributed by atoms with Crippen molar-refractivity contribution in [1.29, 1.82) is 0 Å². The van der Waals surface area contributed by atoms with Gasteiger partial charge in [-0.1, -0.05) is 59.2 Å². The molecule has 0 aromatic heterocycles. The summed E-state index contributed by atoms with van der Waals surface area (Å²) in [7, 11) is 0. The maximum Gasteiger partial charge on any atom is -0.0189 e. The van der Waals surface area contributed by atoms with Crippen LogP contribution in [0.15, 0.2) is 34.9 Å². The molecule has 0 aliphatic heterocycles. The Balaban J connectivity index is 3.71. The van der Waals surface area contributed by atoms with Crippen molar-refractivity contribution in [3.8, 4) is 0 Å². The zero-order valence-corrected chi connectivity index (χ0v) is 8.76. The van der Waals surface area contributed by atoms with Gasteiger partial charge < -0.3 is 0 Å². The van der Waals surface area contributed by atoms with Crippen molar-refractivity contribution in [2.45, 2.75) is 26.7 Å². The van der Waals surface area contributed by atoms with Crippen LogP contribution in [0.5, 0.6) is 0 Å². The normalized spacial score (nSPS) is 13.5. The van der Waals surface area contributed by atoms with E-state index in [-0.39, 0.29) is 0 Å². The Morgan fingerprint density at radius 3 is 2.55 bits per heavy atom. The zero-order chi connectivity index (χ0) is 8.53. The molecule has 0 aromatic rings. The molecule has 0 unspecified atom stereocenters. The van der Waals surface area contributed by atoms with E-state index >= 15 is 0 Å². The molecule has 11 heavy (non-hydrogen) atoms. The molecule has 62 valence electrons. The molecular weight excluding hydrogens is 200 g/mol. The topological polar surface area (TPSA) is 0 Å². The number of hydrogen-bond donors (Lipinski definition) is 0. The van der Waals surface area contributed by atoms with Gasteiger partial charge in [-0.25, -0.2) is 0 Å². The summed E-state index contributed by atoms with van der Waals surface area (Å²) in [5.74, 6) is 0. The van der Waals surface area contributed by atoms with Crippen molar-refractivity contribution in [2.24, 2.45) is 0 Å². The highest BCUT2D eigenvalue weighted by Gasteiger charge is 1.81. The minimum Gasteiger partial charge on any atom is -0.0733 e. The van der Waals surface area contributed by atoms with Gasteiger partial charge in [0.05, 0.1) is 0 Å². The predicted octanol–water partition coefficient (Wildman–Crippen LogP) is 4.20. The SMILES string of the molecule is CCC/C(C)=C/C=C\C=C\Br. The summed E-state index contributed by atoms with van der Waals surface area (Å²) < 4.78 is 0. The lowest BCUT2D eigenvalue weighted by molar-refractivity contribution is 0.906. The first-order valence-electron chi connectivity index (χ1n) is 3.90. The van der Waals surface area contributed by atoms with Crippen molar-refractivity contribution in [3.63, 3.8) is 0 Å². The molecule has 0 amide bonds. The van der Waals surface area contributed by atoms with Crippen LogP contribution in [0.4, 0.5) is 0 Å². The summed E-state index contributed by atoms with van der Waals surface area (Å²) in [6.07, 6.45) is 10.6. The van der Waals surface area contributed by atoms with Crippen LogP contribution in [-0.2, 0) is 0 Å². The molecule has 0 spiro atoms. The van der Waals surface area contributed by atoms with Crippen molar-refractivity contribution >= 4 is 15.9 Å². The minimum absolute atomic E-state index is 1.20. The van der Waals surface area contributed by atoms with Crippen molar-refractivity contribution in [2.75, 3.05) is 0 Å². The highest BCUT2D eigenvalue weighted by atomic mass is 79.9. The smallest absolute Gasteiger partial charge is 0.0189 e. The third-order valence-corrected chi connectivity index (χ3v) is 1.63. The van der Waals surface area contributed by atoms with E-state index in [0.29, 0.717) is 0 Å². The summed E-state index contributed by atoms with van der Waals surface area (Å²) in [5, 5.41) is 0. The van der Waals surface area contributed by atoms with E-state index in [9.17, 15) is 0 Å². The predicted molar refractivity (Wildman–Crippen MR) is 55.9 cm³/mol. The fraction of sp³-hybridized carbons (Fsp3) is 0.400. The summed E-state index contributed by atoms with van der Waals surface area (Å²) in [6, 6.07) is 0. The van der Waals surface area contributed by atoms with E-state index in [4.69, 9.17) is 0 Å². The van der Waals surface area contributed by atoms with Crippen LogP contribution < -0.4 is 0 Å². The van der Waals surface area contributed by atoms with E-state index in [1.807, 2.05) is 17.1 Å². The molecule has 0 N–H and O–H groups in total. The van der Waals surface area contributed by atoms with Gasteiger partial charge in [-0.05, 0) is 18.3 Å². The Morgan fingerprint density at radius 2 is 2.00 bits per heavy atom. The average Bonchev–Trinajstić information content (AvgIpc) is 1.99. The fourth-order valence-electron chi connectivity index (χ4n) is 0.804. The van der Waals surface area contributed by atoms with Gasteiger partial charge >= 0.3 is 0 Å². The number of rotatable bonds is 4. The molecule has 0 nitrogen and oxygen atoms in total. The van der Waals surface area contributed by atoms with Crippen LogP contribution in [0.3, 0.4) is 0 Å². The standard InChI is InChI=1S/C10H15Br/c1-3-7-10(2)8-5-4-6-9-11/h4-6,8-9H,3,7H2,1-2H3/b5-4-,9-6+,10-8+. The third kappa shape index (κ3) is 7.60. The maximum absolute atomic E-state index is 3.19. The molecule has 0 saturated carbocycles. The molecule has 0 atom stereocenters. The first-order valence-corrected chi connectivity index (χ1v) is 4.82. The molecule has 1 heteroatoms. The van der Waals surface area contributed by atoms with Crippen LogP contribution in [0.2, 0.25) is 0 Å². The molecule has 0 rings (SSSR count). The summed E-state index contributed by atoms with van der Waals surface area (Å²) >= 11 is 3.19. The molecular formula is C10H15Br. The molecule has 0 fully saturated rings. The van der Waals surface area contributed by atoms with Gasteiger partial charge in [0, 0.05) is 0 Å². The quantitative estimate of drug-likeness (QED) is 0.616. The molecule has 0 radical (unpaired) electrons. The van der Waals surface area contributed by atoms with Gasteiger partial charge in [0.25, 0.3) is 0 Å². The van der Waals surface area contributed by atoms with Crippen LogP contribution >= 0.6 is 15.9 Å². The van der Waals surface area contributed by atoms with E-state index in [1.54, 1.807) is 0 Å². The summed E-state index contributed by atoms with van der Waals surface area (Å²) in [4.78, 5) is 1.84. The van der Waals surface area contributed by atoms with E-state index in [0.717, 1.165) is 0 Å². The van der Waals surface area contributed by atoms with Gasteiger partial charge in [0.2, 0.25) is 0 Å². The monoisotopic (exact) mass is 214 g/mol. The third-order valence-electron chi connectivity index (χ3n) is 1.32. The molecule has 0 aromatic carbocycles. The maximum atomic E-state index is 3.19. The highest BCUT2D eigenvalue weighted by molar-refractivity contribution is 9.11. The highest BCUT2D eigenvalue weighted by Crippen LogP contribution is 2.02. The Kier molecular flexibility index (Phi) is 7.59. The van der Waals surface area contributed by atoms with Crippen LogP contribution in [-0.4, -0.2) is 0 Å². The van der Waals surface area contributed by atoms with Gasteiger partial charge in [0.1, 0.15) is 0 Å². The van der Waals surface area contributed by atoms with Crippen molar-refractivity contribution in [3.05, 3.63) is 34.9 Å². The number of halogens is 1. The lowest BCUT2D eigenvalue weighted by Gasteiger charge is -1.92.